The fourth-order valence-corrected chi connectivity index (χ4v) is 4.19. The number of hydrogen-bond acceptors (Lipinski definition) is 7. The van der Waals surface area contributed by atoms with Crippen LogP contribution < -0.4 is 5.32 Å². The Morgan fingerprint density at radius 3 is 2.72 bits per heavy atom. The van der Waals surface area contributed by atoms with Gasteiger partial charge in [0, 0.05) is 17.2 Å². The van der Waals surface area contributed by atoms with Crippen LogP contribution in [0, 0.1) is 0 Å². The van der Waals surface area contributed by atoms with Gasteiger partial charge in [-0.3, -0.25) is 4.79 Å². The van der Waals surface area contributed by atoms with Crippen LogP contribution in [-0.4, -0.2) is 54.9 Å². The number of nitrogens with one attached hydrogen (secondary N) is 1. The van der Waals surface area contributed by atoms with E-state index in [4.69, 9.17) is 9.52 Å². The molecule has 1 saturated carbocycles. The molecular weight excluding hydrogens is 410 g/mol. The molecule has 0 aliphatic heterocycles. The SMILES string of the molecule is O=C(N[C@H]1CC[C@@H](n2nncc2-c2ccc(-c3nc4ccccc4o3)cc2)C1)[C@@H](O)CO. The van der Waals surface area contributed by atoms with Gasteiger partial charge in [-0.05, 0) is 43.5 Å². The lowest BCUT2D eigenvalue weighted by Gasteiger charge is -2.16. The number of carbonyl (C=O) groups excluding carboxylic acids is 1. The number of carbonyl (C=O) groups is 1. The highest BCUT2D eigenvalue weighted by Gasteiger charge is 2.30. The summed E-state index contributed by atoms with van der Waals surface area (Å²) in [6.07, 6.45) is 2.62. The first kappa shape index (κ1) is 20.3. The molecule has 3 atom stereocenters. The molecule has 2 aromatic carbocycles. The number of amides is 1. The van der Waals surface area contributed by atoms with Crippen LogP contribution in [0.5, 0.6) is 0 Å². The zero-order valence-corrected chi connectivity index (χ0v) is 17.3. The van der Waals surface area contributed by atoms with Gasteiger partial charge in [0.25, 0.3) is 5.91 Å². The number of benzene rings is 2. The first-order valence-electron chi connectivity index (χ1n) is 10.6. The topological polar surface area (TPSA) is 126 Å². The second-order valence-corrected chi connectivity index (χ2v) is 8.00. The van der Waals surface area contributed by atoms with Crippen LogP contribution >= 0.6 is 0 Å². The predicted octanol–water partition coefficient (Wildman–Crippen LogP) is 2.32. The minimum atomic E-state index is -1.39. The van der Waals surface area contributed by atoms with Gasteiger partial charge in [0.05, 0.1) is 24.5 Å². The average molecular weight is 433 g/mol. The molecule has 2 heterocycles. The summed E-state index contributed by atoms with van der Waals surface area (Å²) in [7, 11) is 0. The zero-order valence-electron chi connectivity index (χ0n) is 17.3. The second kappa shape index (κ2) is 8.52. The van der Waals surface area contributed by atoms with E-state index in [1.807, 2.05) is 53.2 Å². The second-order valence-electron chi connectivity index (χ2n) is 8.00. The molecule has 2 aromatic heterocycles. The molecule has 0 unspecified atom stereocenters. The summed E-state index contributed by atoms with van der Waals surface area (Å²) in [5.41, 5.74) is 4.32. The molecule has 164 valence electrons. The molecule has 1 fully saturated rings. The largest absolute Gasteiger partial charge is 0.436 e. The van der Waals surface area contributed by atoms with E-state index in [1.54, 1.807) is 6.20 Å². The van der Waals surface area contributed by atoms with E-state index in [2.05, 4.69) is 20.6 Å². The fourth-order valence-electron chi connectivity index (χ4n) is 4.19. The Labute approximate surface area is 183 Å². The normalized spacial score (nSPS) is 19.3. The van der Waals surface area contributed by atoms with Crippen LogP contribution in [0.25, 0.3) is 33.8 Å². The summed E-state index contributed by atoms with van der Waals surface area (Å²) >= 11 is 0. The number of nitrogens with zero attached hydrogens (tertiary/aromatic N) is 4. The third-order valence-corrected chi connectivity index (χ3v) is 5.87. The molecule has 4 aromatic rings. The van der Waals surface area contributed by atoms with Gasteiger partial charge < -0.3 is 19.9 Å². The molecule has 1 aliphatic carbocycles. The Morgan fingerprint density at radius 2 is 1.94 bits per heavy atom. The van der Waals surface area contributed by atoms with Gasteiger partial charge in [-0.1, -0.05) is 29.5 Å². The lowest BCUT2D eigenvalue weighted by Crippen LogP contribution is -2.41. The van der Waals surface area contributed by atoms with E-state index in [1.165, 1.54) is 0 Å². The molecule has 3 N–H and O–H groups in total. The van der Waals surface area contributed by atoms with E-state index < -0.39 is 18.6 Å². The first-order chi connectivity index (χ1) is 15.6. The Hall–Kier alpha value is -3.56. The van der Waals surface area contributed by atoms with Crippen LogP contribution in [0.15, 0.2) is 59.1 Å². The first-order valence-corrected chi connectivity index (χ1v) is 10.6. The number of oxazole rings is 1. The number of para-hydroxylation sites is 2. The molecule has 1 amide bonds. The van der Waals surface area contributed by atoms with Crippen LogP contribution in [-0.2, 0) is 4.79 Å². The van der Waals surface area contributed by atoms with Crippen molar-refractivity contribution in [1.82, 2.24) is 25.3 Å². The molecule has 0 radical (unpaired) electrons. The maximum Gasteiger partial charge on any atom is 0.251 e. The van der Waals surface area contributed by atoms with Crippen LogP contribution in [0.1, 0.15) is 25.3 Å². The van der Waals surface area contributed by atoms with Crippen molar-refractivity contribution in [2.24, 2.45) is 0 Å². The lowest BCUT2D eigenvalue weighted by molar-refractivity contribution is -0.131. The Bertz CT molecular complexity index is 1200. The standard InChI is InChI=1S/C23H23N5O4/c29-13-20(30)22(31)25-16-9-10-17(11-16)28-19(12-24-27-28)14-5-7-15(8-6-14)23-26-18-3-1-2-4-21(18)32-23/h1-8,12,16-17,20,29-30H,9-11,13H2,(H,25,31)/t16-,17+,20-/m0/s1. The fraction of sp³-hybridized carbons (Fsp3) is 0.304. The third kappa shape index (κ3) is 3.88. The highest BCUT2D eigenvalue weighted by atomic mass is 16.3. The number of hydrogen-bond donors (Lipinski definition) is 3. The quantitative estimate of drug-likeness (QED) is 0.426. The molecule has 9 nitrogen and oxygen atoms in total. The monoisotopic (exact) mass is 433 g/mol. The van der Waals surface area contributed by atoms with Crippen molar-refractivity contribution in [3.63, 3.8) is 0 Å². The maximum atomic E-state index is 11.8. The van der Waals surface area contributed by atoms with Crippen molar-refractivity contribution in [2.45, 2.75) is 37.5 Å². The van der Waals surface area contributed by atoms with Gasteiger partial charge in [0.15, 0.2) is 11.7 Å². The smallest absolute Gasteiger partial charge is 0.251 e. The van der Waals surface area contributed by atoms with E-state index in [0.717, 1.165) is 40.8 Å². The van der Waals surface area contributed by atoms with Gasteiger partial charge >= 0.3 is 0 Å². The predicted molar refractivity (Wildman–Crippen MR) is 116 cm³/mol. The molecule has 1 aliphatic rings. The summed E-state index contributed by atoms with van der Waals surface area (Å²) < 4.78 is 7.74. The van der Waals surface area contributed by atoms with Gasteiger partial charge in [0.1, 0.15) is 5.52 Å². The number of aliphatic hydroxyl groups is 2. The summed E-state index contributed by atoms with van der Waals surface area (Å²) in [5, 5.41) is 29.6. The summed E-state index contributed by atoms with van der Waals surface area (Å²) in [5.74, 6) is 0.0237. The van der Waals surface area contributed by atoms with Gasteiger partial charge in [-0.2, -0.15) is 0 Å². The van der Waals surface area contributed by atoms with Gasteiger partial charge in [0.2, 0.25) is 5.89 Å². The van der Waals surface area contributed by atoms with Crippen molar-refractivity contribution in [1.29, 1.82) is 0 Å². The average Bonchev–Trinajstić information content (AvgIpc) is 3.57. The van der Waals surface area contributed by atoms with Gasteiger partial charge in [-0.15, -0.1) is 5.10 Å². The van der Waals surface area contributed by atoms with Crippen molar-refractivity contribution in [3.05, 3.63) is 54.7 Å². The molecular formula is C23H23N5O4. The molecule has 0 saturated heterocycles. The number of rotatable bonds is 6. The van der Waals surface area contributed by atoms with Crippen molar-refractivity contribution in [3.8, 4) is 22.7 Å². The molecule has 0 bridgehead atoms. The Balaban J connectivity index is 1.32. The van der Waals surface area contributed by atoms with Crippen LogP contribution in [0.2, 0.25) is 0 Å². The van der Waals surface area contributed by atoms with E-state index in [0.29, 0.717) is 12.3 Å². The number of aliphatic hydroxyl groups excluding tert-OH is 2. The highest BCUT2D eigenvalue weighted by molar-refractivity contribution is 5.81. The Kier molecular flexibility index (Phi) is 5.42. The maximum absolute atomic E-state index is 11.8. The molecule has 9 heteroatoms. The number of aromatic nitrogens is 4. The third-order valence-electron chi connectivity index (χ3n) is 5.87. The highest BCUT2D eigenvalue weighted by Crippen LogP contribution is 2.34. The summed E-state index contributed by atoms with van der Waals surface area (Å²) in [6, 6.07) is 15.6. The summed E-state index contributed by atoms with van der Waals surface area (Å²) in [4.78, 5) is 16.4. The minimum Gasteiger partial charge on any atom is -0.436 e. The minimum absolute atomic E-state index is 0.0766. The molecule has 32 heavy (non-hydrogen) atoms. The van der Waals surface area contributed by atoms with Crippen molar-refractivity contribution in [2.75, 3.05) is 6.61 Å². The number of fused-ring (bicyclic) bond motifs is 1. The Morgan fingerprint density at radius 1 is 1.16 bits per heavy atom. The molecule has 0 spiro atoms. The molecule has 5 rings (SSSR count). The summed E-state index contributed by atoms with van der Waals surface area (Å²) in [6.45, 7) is -0.589. The lowest BCUT2D eigenvalue weighted by atomic mass is 10.1. The van der Waals surface area contributed by atoms with E-state index in [9.17, 15) is 9.90 Å². The van der Waals surface area contributed by atoms with E-state index in [-0.39, 0.29) is 12.1 Å². The van der Waals surface area contributed by atoms with Crippen LogP contribution in [0.3, 0.4) is 0 Å². The van der Waals surface area contributed by atoms with Crippen molar-refractivity contribution >= 4 is 17.0 Å². The van der Waals surface area contributed by atoms with Gasteiger partial charge in [-0.25, -0.2) is 9.67 Å². The van der Waals surface area contributed by atoms with Crippen LogP contribution in [0.4, 0.5) is 0 Å². The van der Waals surface area contributed by atoms with Crippen molar-refractivity contribution < 1.29 is 19.4 Å². The zero-order chi connectivity index (χ0) is 22.1. The van der Waals surface area contributed by atoms with E-state index >= 15 is 0 Å².